The standard InChI is InChI=1S/C24H15Cl3N2O4/c1-31-19-8-5-12(9-18(19)27)24(30)32-13-6-7-14-20(10-13)33-23(29)15(11-28)21(14)22-16(25)3-2-4-17(22)26/h2-10,21H,29H2,1H3. The SMILES string of the molecule is COc1ccc(C(=O)Oc2ccc3c(c2)OC(N)=C(C#N)C3c2c(Cl)cccc2Cl)cc1Cl. The molecule has 1 aliphatic heterocycles. The number of nitriles is 1. The minimum absolute atomic E-state index is 0.0867. The van der Waals surface area contributed by atoms with E-state index in [-0.39, 0.29) is 27.8 Å². The lowest BCUT2D eigenvalue weighted by molar-refractivity contribution is 0.0734. The van der Waals surface area contributed by atoms with Crippen LogP contribution < -0.4 is 19.9 Å². The fourth-order valence-electron chi connectivity index (χ4n) is 3.54. The Hall–Kier alpha value is -3.37. The van der Waals surface area contributed by atoms with Gasteiger partial charge in [0.2, 0.25) is 5.88 Å². The summed E-state index contributed by atoms with van der Waals surface area (Å²) < 4.78 is 16.2. The smallest absolute Gasteiger partial charge is 0.343 e. The fraction of sp³-hybridized carbons (Fsp3) is 0.0833. The molecule has 0 bridgehead atoms. The first-order chi connectivity index (χ1) is 15.8. The Morgan fingerprint density at radius 1 is 1.06 bits per heavy atom. The molecule has 1 heterocycles. The van der Waals surface area contributed by atoms with Crippen molar-refractivity contribution in [2.24, 2.45) is 5.73 Å². The van der Waals surface area contributed by atoms with Gasteiger partial charge in [-0.25, -0.2) is 4.79 Å². The maximum atomic E-state index is 12.6. The van der Waals surface area contributed by atoms with Crippen LogP contribution in [0.5, 0.6) is 17.2 Å². The van der Waals surface area contributed by atoms with Gasteiger partial charge in [0.05, 0.1) is 23.6 Å². The van der Waals surface area contributed by atoms with Crippen LogP contribution in [0.3, 0.4) is 0 Å². The molecule has 4 rings (SSSR count). The first-order valence-electron chi connectivity index (χ1n) is 9.55. The largest absolute Gasteiger partial charge is 0.495 e. The van der Waals surface area contributed by atoms with Crippen molar-refractivity contribution in [3.05, 3.63) is 97.8 Å². The van der Waals surface area contributed by atoms with Gasteiger partial charge >= 0.3 is 5.97 Å². The van der Waals surface area contributed by atoms with Gasteiger partial charge in [0.1, 0.15) is 28.9 Å². The highest BCUT2D eigenvalue weighted by Gasteiger charge is 2.33. The molecule has 0 spiro atoms. The summed E-state index contributed by atoms with van der Waals surface area (Å²) in [6.45, 7) is 0. The Kier molecular flexibility index (Phi) is 6.39. The number of hydrogen-bond donors (Lipinski definition) is 1. The van der Waals surface area contributed by atoms with Crippen molar-refractivity contribution in [2.75, 3.05) is 7.11 Å². The number of allylic oxidation sites excluding steroid dienone is 1. The van der Waals surface area contributed by atoms with Crippen LogP contribution in [0.4, 0.5) is 0 Å². The number of carbonyl (C=O) groups is 1. The van der Waals surface area contributed by atoms with Gasteiger partial charge in [0, 0.05) is 27.2 Å². The van der Waals surface area contributed by atoms with Crippen LogP contribution in [0.2, 0.25) is 15.1 Å². The normalized spacial score (nSPS) is 14.7. The van der Waals surface area contributed by atoms with E-state index in [9.17, 15) is 10.1 Å². The highest BCUT2D eigenvalue weighted by molar-refractivity contribution is 6.36. The Bertz CT molecular complexity index is 1330. The molecule has 1 atom stereocenters. The van der Waals surface area contributed by atoms with E-state index >= 15 is 0 Å². The molecule has 9 heteroatoms. The van der Waals surface area contributed by atoms with Crippen LogP contribution >= 0.6 is 34.8 Å². The van der Waals surface area contributed by atoms with Gasteiger partial charge in [0.25, 0.3) is 0 Å². The second-order valence-corrected chi connectivity index (χ2v) is 8.22. The van der Waals surface area contributed by atoms with Gasteiger partial charge in [0.15, 0.2) is 0 Å². The maximum absolute atomic E-state index is 12.6. The summed E-state index contributed by atoms with van der Waals surface area (Å²) in [6.07, 6.45) is 0. The molecule has 0 aromatic heterocycles. The Labute approximate surface area is 204 Å². The summed E-state index contributed by atoms with van der Waals surface area (Å²) >= 11 is 18.9. The van der Waals surface area contributed by atoms with Gasteiger partial charge < -0.3 is 19.9 Å². The predicted molar refractivity (Wildman–Crippen MR) is 125 cm³/mol. The molecule has 0 saturated carbocycles. The molecular weight excluding hydrogens is 487 g/mol. The molecule has 3 aromatic carbocycles. The number of rotatable bonds is 4. The van der Waals surface area contributed by atoms with E-state index in [1.165, 1.54) is 25.3 Å². The van der Waals surface area contributed by atoms with Crippen LogP contribution in [-0.4, -0.2) is 13.1 Å². The van der Waals surface area contributed by atoms with Crippen LogP contribution in [-0.2, 0) is 0 Å². The number of hydrogen-bond acceptors (Lipinski definition) is 6. The van der Waals surface area contributed by atoms with E-state index in [4.69, 9.17) is 54.7 Å². The van der Waals surface area contributed by atoms with E-state index < -0.39 is 11.9 Å². The quantitative estimate of drug-likeness (QED) is 0.343. The van der Waals surface area contributed by atoms with E-state index in [2.05, 4.69) is 6.07 Å². The number of carbonyl (C=O) groups excluding carboxylic acids is 1. The lowest BCUT2D eigenvalue weighted by Gasteiger charge is -2.27. The number of halogens is 3. The molecule has 0 saturated heterocycles. The number of benzene rings is 3. The number of methoxy groups -OCH3 is 1. The molecule has 2 N–H and O–H groups in total. The van der Waals surface area contributed by atoms with Gasteiger partial charge in [-0.05, 0) is 36.4 Å². The predicted octanol–water partition coefficient (Wildman–Crippen LogP) is 6.09. The molecule has 33 heavy (non-hydrogen) atoms. The third-order valence-electron chi connectivity index (χ3n) is 5.08. The monoisotopic (exact) mass is 500 g/mol. The summed E-state index contributed by atoms with van der Waals surface area (Å²) in [5, 5.41) is 10.8. The lowest BCUT2D eigenvalue weighted by Crippen LogP contribution is -2.21. The van der Waals surface area contributed by atoms with Crippen molar-refractivity contribution in [3.63, 3.8) is 0 Å². The third kappa shape index (κ3) is 4.31. The van der Waals surface area contributed by atoms with Gasteiger partial charge in [-0.15, -0.1) is 0 Å². The molecule has 1 unspecified atom stereocenters. The zero-order valence-corrected chi connectivity index (χ0v) is 19.3. The van der Waals surface area contributed by atoms with E-state index in [1.807, 2.05) is 0 Å². The second kappa shape index (κ2) is 9.24. The molecule has 0 amide bonds. The first kappa shape index (κ1) is 22.8. The number of nitrogens with two attached hydrogens (primary N) is 1. The number of ether oxygens (including phenoxy) is 3. The second-order valence-electron chi connectivity index (χ2n) is 7.00. The summed E-state index contributed by atoms with van der Waals surface area (Å²) in [4.78, 5) is 12.6. The molecule has 6 nitrogen and oxygen atoms in total. The zero-order chi connectivity index (χ0) is 23.7. The molecule has 0 fully saturated rings. The van der Waals surface area contributed by atoms with Crippen LogP contribution in [0.15, 0.2) is 66.1 Å². The Balaban J connectivity index is 1.71. The van der Waals surface area contributed by atoms with Crippen molar-refractivity contribution in [2.45, 2.75) is 5.92 Å². The Morgan fingerprint density at radius 2 is 1.79 bits per heavy atom. The zero-order valence-electron chi connectivity index (χ0n) is 17.1. The van der Waals surface area contributed by atoms with Crippen molar-refractivity contribution in [1.29, 1.82) is 5.26 Å². The minimum Gasteiger partial charge on any atom is -0.495 e. The summed E-state index contributed by atoms with van der Waals surface area (Å²) in [5.74, 6) is -0.396. The number of fused-ring (bicyclic) bond motifs is 1. The first-order valence-corrected chi connectivity index (χ1v) is 10.7. The molecule has 1 aliphatic rings. The maximum Gasteiger partial charge on any atom is 0.343 e. The third-order valence-corrected chi connectivity index (χ3v) is 6.03. The van der Waals surface area contributed by atoms with E-state index in [0.717, 1.165) is 0 Å². The minimum atomic E-state index is -0.648. The summed E-state index contributed by atoms with van der Waals surface area (Å²) in [6, 6.07) is 16.5. The molecule has 0 aliphatic carbocycles. The number of esters is 1. The summed E-state index contributed by atoms with van der Waals surface area (Å²) in [7, 11) is 1.48. The summed E-state index contributed by atoms with van der Waals surface area (Å²) in [5.41, 5.74) is 7.58. The molecule has 166 valence electrons. The van der Waals surface area contributed by atoms with E-state index in [1.54, 1.807) is 36.4 Å². The van der Waals surface area contributed by atoms with Crippen LogP contribution in [0.1, 0.15) is 27.4 Å². The van der Waals surface area contributed by atoms with Gasteiger partial charge in [-0.3, -0.25) is 0 Å². The van der Waals surface area contributed by atoms with Crippen molar-refractivity contribution >= 4 is 40.8 Å². The average Bonchev–Trinajstić information content (AvgIpc) is 2.78. The molecule has 0 radical (unpaired) electrons. The van der Waals surface area contributed by atoms with Crippen molar-refractivity contribution < 1.29 is 19.0 Å². The van der Waals surface area contributed by atoms with Crippen LogP contribution in [0, 0.1) is 11.3 Å². The van der Waals surface area contributed by atoms with E-state index in [0.29, 0.717) is 32.7 Å². The molecular formula is C24H15Cl3N2O4. The van der Waals surface area contributed by atoms with Gasteiger partial charge in [-0.2, -0.15) is 5.26 Å². The fourth-order valence-corrected chi connectivity index (χ4v) is 4.41. The topological polar surface area (TPSA) is 94.6 Å². The van der Waals surface area contributed by atoms with Crippen molar-refractivity contribution in [3.8, 4) is 23.3 Å². The Morgan fingerprint density at radius 3 is 2.42 bits per heavy atom. The highest BCUT2D eigenvalue weighted by Crippen LogP contribution is 2.47. The van der Waals surface area contributed by atoms with Crippen molar-refractivity contribution in [1.82, 2.24) is 0 Å². The number of nitrogens with zero attached hydrogens (tertiary/aromatic N) is 1. The molecule has 3 aromatic rings. The highest BCUT2D eigenvalue weighted by atomic mass is 35.5. The lowest BCUT2D eigenvalue weighted by atomic mass is 9.83. The van der Waals surface area contributed by atoms with Crippen LogP contribution in [0.25, 0.3) is 0 Å². The van der Waals surface area contributed by atoms with Gasteiger partial charge in [-0.1, -0.05) is 46.9 Å². The average molecular weight is 502 g/mol.